The van der Waals surface area contributed by atoms with Gasteiger partial charge in [-0.2, -0.15) is 11.8 Å². The molecule has 23 heavy (non-hydrogen) atoms. The first-order valence-corrected chi connectivity index (χ1v) is 8.88. The molecule has 0 radical (unpaired) electrons. The fraction of sp³-hybridized carbons (Fsp3) is 0.357. The molecule has 1 atom stereocenters. The second kappa shape index (κ2) is 10.1. The zero-order valence-corrected chi connectivity index (χ0v) is 14.9. The summed E-state index contributed by atoms with van der Waals surface area (Å²) in [7, 11) is 0. The number of halogens is 1. The van der Waals surface area contributed by atoms with Crippen molar-refractivity contribution in [2.75, 3.05) is 23.9 Å². The minimum Gasteiger partial charge on any atom is -0.454 e. The molecule has 0 aliphatic heterocycles. The van der Waals surface area contributed by atoms with Crippen LogP contribution in [0.4, 0.5) is 10.5 Å². The van der Waals surface area contributed by atoms with E-state index in [9.17, 15) is 14.4 Å². The molecule has 9 heteroatoms. The lowest BCUT2D eigenvalue weighted by atomic mass is 10.2. The Morgan fingerprint density at radius 3 is 2.65 bits per heavy atom. The zero-order chi connectivity index (χ0) is 17.2. The number of hydrogen-bond acceptors (Lipinski definition) is 5. The topological polar surface area (TPSA) is 111 Å². The van der Waals surface area contributed by atoms with Crippen LogP contribution in [-0.4, -0.2) is 42.6 Å². The molecule has 0 aromatic heterocycles. The number of nitrogens with two attached hydrogens (primary N) is 1. The molecule has 0 aliphatic carbocycles. The molecule has 7 nitrogen and oxygen atoms in total. The Morgan fingerprint density at radius 2 is 2.04 bits per heavy atom. The zero-order valence-electron chi connectivity index (χ0n) is 12.5. The molecule has 1 rings (SSSR count). The summed E-state index contributed by atoms with van der Waals surface area (Å²) in [4.78, 5) is 34.6. The van der Waals surface area contributed by atoms with Crippen LogP contribution in [0.2, 0.25) is 0 Å². The highest BCUT2D eigenvalue weighted by Gasteiger charge is 2.21. The van der Waals surface area contributed by atoms with Gasteiger partial charge in [0.2, 0.25) is 0 Å². The van der Waals surface area contributed by atoms with Gasteiger partial charge in [0.05, 0.1) is 5.69 Å². The quantitative estimate of drug-likeness (QED) is 0.572. The Morgan fingerprint density at radius 1 is 1.35 bits per heavy atom. The van der Waals surface area contributed by atoms with Gasteiger partial charge < -0.3 is 21.1 Å². The van der Waals surface area contributed by atoms with Crippen LogP contribution in [0.25, 0.3) is 0 Å². The smallest absolute Gasteiger partial charge is 0.329 e. The largest absolute Gasteiger partial charge is 0.454 e. The first-order valence-electron chi connectivity index (χ1n) is 6.70. The first kappa shape index (κ1) is 19.3. The van der Waals surface area contributed by atoms with E-state index in [1.165, 1.54) is 11.8 Å². The SMILES string of the molecule is CSCC[C@H](NC(N)=O)C(=O)OCC(=O)Nc1ccccc1Br. The van der Waals surface area contributed by atoms with E-state index in [0.717, 1.165) is 0 Å². The molecule has 1 aromatic carbocycles. The van der Waals surface area contributed by atoms with Gasteiger partial charge in [-0.15, -0.1) is 0 Å². The van der Waals surface area contributed by atoms with Gasteiger partial charge >= 0.3 is 12.0 Å². The van der Waals surface area contributed by atoms with Crippen molar-refractivity contribution in [1.82, 2.24) is 5.32 Å². The van der Waals surface area contributed by atoms with E-state index in [1.54, 1.807) is 18.2 Å². The summed E-state index contributed by atoms with van der Waals surface area (Å²) in [5.41, 5.74) is 5.60. The standard InChI is InChI=1S/C14H18BrN3O4S/c1-23-7-6-11(18-14(16)21)13(20)22-8-12(19)17-10-5-3-2-4-9(10)15/h2-5,11H,6-8H2,1H3,(H,17,19)(H3,16,18,21)/t11-/m0/s1. The predicted molar refractivity (Wildman–Crippen MR) is 93.2 cm³/mol. The number of urea groups is 1. The van der Waals surface area contributed by atoms with E-state index in [2.05, 4.69) is 26.6 Å². The highest BCUT2D eigenvalue weighted by atomic mass is 79.9. The maximum absolute atomic E-state index is 11.9. The van der Waals surface area contributed by atoms with Gasteiger partial charge in [0, 0.05) is 4.47 Å². The van der Waals surface area contributed by atoms with E-state index < -0.39 is 30.6 Å². The maximum atomic E-state index is 11.9. The Balaban J connectivity index is 2.50. The Kier molecular flexibility index (Phi) is 8.49. The number of carbonyl (C=O) groups is 3. The number of nitrogens with one attached hydrogen (secondary N) is 2. The van der Waals surface area contributed by atoms with Gasteiger partial charge in [-0.1, -0.05) is 12.1 Å². The minimum absolute atomic E-state index is 0.370. The lowest BCUT2D eigenvalue weighted by Crippen LogP contribution is -2.45. The molecular weight excluding hydrogens is 386 g/mol. The summed E-state index contributed by atoms with van der Waals surface area (Å²) in [5, 5.41) is 4.92. The van der Waals surface area contributed by atoms with Crippen LogP contribution < -0.4 is 16.4 Å². The van der Waals surface area contributed by atoms with Crippen molar-refractivity contribution in [3.63, 3.8) is 0 Å². The van der Waals surface area contributed by atoms with Crippen LogP contribution in [0.15, 0.2) is 28.7 Å². The van der Waals surface area contributed by atoms with E-state index in [-0.39, 0.29) is 0 Å². The van der Waals surface area contributed by atoms with E-state index >= 15 is 0 Å². The van der Waals surface area contributed by atoms with Crippen LogP contribution >= 0.6 is 27.7 Å². The van der Waals surface area contributed by atoms with Crippen molar-refractivity contribution in [2.24, 2.45) is 5.73 Å². The number of hydrogen-bond donors (Lipinski definition) is 3. The number of rotatable bonds is 8. The molecule has 0 unspecified atom stereocenters. The molecule has 0 spiro atoms. The van der Waals surface area contributed by atoms with Gasteiger partial charge in [-0.25, -0.2) is 9.59 Å². The lowest BCUT2D eigenvalue weighted by Gasteiger charge is -2.16. The number of ether oxygens (including phenoxy) is 1. The highest BCUT2D eigenvalue weighted by Crippen LogP contribution is 2.20. The monoisotopic (exact) mass is 403 g/mol. The number of anilines is 1. The molecule has 0 saturated carbocycles. The molecule has 0 heterocycles. The summed E-state index contributed by atoms with van der Waals surface area (Å²) in [5.74, 6) is -0.531. The summed E-state index contributed by atoms with van der Waals surface area (Å²) < 4.78 is 5.65. The summed E-state index contributed by atoms with van der Waals surface area (Å²) >= 11 is 4.82. The normalized spacial score (nSPS) is 11.4. The van der Waals surface area contributed by atoms with E-state index in [4.69, 9.17) is 10.5 Å². The van der Waals surface area contributed by atoms with Gasteiger partial charge in [0.1, 0.15) is 6.04 Å². The first-order chi connectivity index (χ1) is 10.9. The molecule has 4 N–H and O–H groups in total. The number of esters is 1. The summed E-state index contributed by atoms with van der Waals surface area (Å²) in [6, 6.07) is 5.38. The Bertz CT molecular complexity index is 571. The molecular formula is C14H18BrN3O4S. The van der Waals surface area contributed by atoms with Gasteiger partial charge in [0.25, 0.3) is 5.91 Å². The number of benzene rings is 1. The second-order valence-corrected chi connectivity index (χ2v) is 6.32. The number of para-hydroxylation sites is 1. The van der Waals surface area contributed by atoms with Crippen molar-refractivity contribution >= 4 is 51.3 Å². The lowest BCUT2D eigenvalue weighted by molar-refractivity contribution is -0.149. The van der Waals surface area contributed by atoms with Crippen molar-refractivity contribution in [3.05, 3.63) is 28.7 Å². The molecule has 0 fully saturated rings. The Hall–Kier alpha value is -1.74. The average Bonchev–Trinajstić information content (AvgIpc) is 2.51. The number of thioether (sulfide) groups is 1. The molecule has 0 bridgehead atoms. The molecule has 126 valence electrons. The third kappa shape index (κ3) is 7.38. The van der Waals surface area contributed by atoms with Crippen LogP contribution in [-0.2, 0) is 14.3 Å². The predicted octanol–water partition coefficient (Wildman–Crippen LogP) is 1.72. The van der Waals surface area contributed by atoms with Gasteiger partial charge in [-0.3, -0.25) is 4.79 Å². The molecule has 1 aromatic rings. The fourth-order valence-electron chi connectivity index (χ4n) is 1.64. The summed E-state index contributed by atoms with van der Waals surface area (Å²) in [6.45, 7) is -0.448. The van der Waals surface area contributed by atoms with E-state index in [1.807, 2.05) is 12.3 Å². The number of primary amides is 1. The number of amides is 3. The van der Waals surface area contributed by atoms with Gasteiger partial charge in [-0.05, 0) is 46.5 Å². The van der Waals surface area contributed by atoms with Crippen molar-refractivity contribution in [2.45, 2.75) is 12.5 Å². The molecule has 0 saturated heterocycles. The summed E-state index contributed by atoms with van der Waals surface area (Å²) in [6.07, 6.45) is 2.24. The molecule has 3 amide bonds. The van der Waals surface area contributed by atoms with Gasteiger partial charge in [0.15, 0.2) is 6.61 Å². The third-order valence-electron chi connectivity index (χ3n) is 2.71. The highest BCUT2D eigenvalue weighted by molar-refractivity contribution is 9.10. The van der Waals surface area contributed by atoms with Crippen molar-refractivity contribution in [3.8, 4) is 0 Å². The van der Waals surface area contributed by atoms with E-state index in [0.29, 0.717) is 22.3 Å². The second-order valence-electron chi connectivity index (χ2n) is 4.48. The van der Waals surface area contributed by atoms with Crippen LogP contribution in [0.3, 0.4) is 0 Å². The molecule has 0 aliphatic rings. The minimum atomic E-state index is -0.865. The van der Waals surface area contributed by atoms with Crippen LogP contribution in [0.5, 0.6) is 0 Å². The average molecular weight is 404 g/mol. The van der Waals surface area contributed by atoms with Crippen molar-refractivity contribution in [1.29, 1.82) is 0 Å². The van der Waals surface area contributed by atoms with Crippen LogP contribution in [0, 0.1) is 0 Å². The van der Waals surface area contributed by atoms with Crippen molar-refractivity contribution < 1.29 is 19.1 Å². The third-order valence-corrected chi connectivity index (χ3v) is 4.04. The maximum Gasteiger partial charge on any atom is 0.329 e. The number of carbonyl (C=O) groups excluding carboxylic acids is 3. The fourth-order valence-corrected chi connectivity index (χ4v) is 2.50. The Labute approximate surface area is 146 Å². The van der Waals surface area contributed by atoms with Crippen LogP contribution in [0.1, 0.15) is 6.42 Å².